The molecule has 0 aliphatic heterocycles. The molecule has 0 atom stereocenters. The van der Waals surface area contributed by atoms with Crippen LogP contribution in [0.4, 0.5) is 0 Å². The van der Waals surface area contributed by atoms with Gasteiger partial charge in [0.05, 0.1) is 0 Å². The Morgan fingerprint density at radius 3 is 2.45 bits per heavy atom. The van der Waals surface area contributed by atoms with Crippen LogP contribution in [0.15, 0.2) is 60.8 Å². The van der Waals surface area contributed by atoms with E-state index in [1.54, 1.807) is 0 Å². The van der Waals surface area contributed by atoms with Crippen molar-refractivity contribution in [2.75, 3.05) is 6.54 Å². The molecule has 0 radical (unpaired) electrons. The average molecular weight is 264 g/mol. The molecule has 0 aliphatic rings. The minimum absolute atomic E-state index is 0.748. The third-order valence-corrected chi connectivity index (χ3v) is 3.72. The lowest BCUT2D eigenvalue weighted by molar-refractivity contribution is 0.806. The Balaban J connectivity index is 1.98. The molecule has 2 heteroatoms. The fourth-order valence-electron chi connectivity index (χ4n) is 2.73. The number of aryl methyl sites for hydroxylation is 1. The average Bonchev–Trinajstić information content (AvgIpc) is 2.85. The summed E-state index contributed by atoms with van der Waals surface area (Å²) >= 11 is 0. The van der Waals surface area contributed by atoms with Gasteiger partial charge >= 0.3 is 0 Å². The fourth-order valence-corrected chi connectivity index (χ4v) is 2.73. The molecule has 102 valence electrons. The summed E-state index contributed by atoms with van der Waals surface area (Å²) in [5.74, 6) is 0. The van der Waals surface area contributed by atoms with E-state index in [9.17, 15) is 0 Å². The maximum absolute atomic E-state index is 5.64. The minimum Gasteiger partial charge on any atom is -0.343 e. The first-order chi connectivity index (χ1) is 9.88. The topological polar surface area (TPSA) is 30.9 Å². The summed E-state index contributed by atoms with van der Waals surface area (Å²) < 4.78 is 2.34. The Hall–Kier alpha value is -2.06. The van der Waals surface area contributed by atoms with Crippen molar-refractivity contribution in [1.82, 2.24) is 4.57 Å². The van der Waals surface area contributed by atoms with E-state index in [0.29, 0.717) is 0 Å². The van der Waals surface area contributed by atoms with E-state index in [2.05, 4.69) is 65.4 Å². The van der Waals surface area contributed by atoms with Crippen molar-refractivity contribution in [3.8, 4) is 0 Å². The molecule has 3 aromatic rings. The van der Waals surface area contributed by atoms with Crippen molar-refractivity contribution in [2.45, 2.75) is 19.4 Å². The van der Waals surface area contributed by atoms with Gasteiger partial charge in [-0.25, -0.2) is 0 Å². The molecule has 2 aromatic carbocycles. The normalized spacial score (nSPS) is 11.1. The largest absolute Gasteiger partial charge is 0.343 e. The summed E-state index contributed by atoms with van der Waals surface area (Å²) in [5, 5.41) is 1.36. The number of nitrogens with two attached hydrogens (primary N) is 1. The third kappa shape index (κ3) is 2.61. The molecule has 1 heterocycles. The first-order valence-electron chi connectivity index (χ1n) is 7.19. The summed E-state index contributed by atoms with van der Waals surface area (Å²) in [5.41, 5.74) is 9.69. The smallest absolute Gasteiger partial charge is 0.0486 e. The SMILES string of the molecule is NCCCc1cn(Cc2ccccc2)c2ccccc12. The highest BCUT2D eigenvalue weighted by atomic mass is 15.0. The monoisotopic (exact) mass is 264 g/mol. The molecule has 2 N–H and O–H groups in total. The summed E-state index contributed by atoms with van der Waals surface area (Å²) in [4.78, 5) is 0. The highest BCUT2D eigenvalue weighted by Gasteiger charge is 2.07. The van der Waals surface area contributed by atoms with Gasteiger partial charge in [-0.1, -0.05) is 48.5 Å². The molecule has 1 aromatic heterocycles. The molecule has 0 aliphatic carbocycles. The van der Waals surface area contributed by atoms with Gasteiger partial charge in [-0.15, -0.1) is 0 Å². The van der Waals surface area contributed by atoms with Crippen molar-refractivity contribution in [3.05, 3.63) is 71.9 Å². The van der Waals surface area contributed by atoms with Crippen molar-refractivity contribution in [1.29, 1.82) is 0 Å². The summed E-state index contributed by atoms with van der Waals surface area (Å²) in [6.07, 6.45) is 4.38. The molecule has 2 nitrogen and oxygen atoms in total. The number of para-hydroxylation sites is 1. The van der Waals surface area contributed by atoms with Crippen LogP contribution in [0.2, 0.25) is 0 Å². The lowest BCUT2D eigenvalue weighted by Gasteiger charge is -2.05. The molecule has 20 heavy (non-hydrogen) atoms. The highest BCUT2D eigenvalue weighted by Crippen LogP contribution is 2.23. The van der Waals surface area contributed by atoms with Crippen LogP contribution in [-0.4, -0.2) is 11.1 Å². The maximum atomic E-state index is 5.64. The van der Waals surface area contributed by atoms with E-state index in [0.717, 1.165) is 25.9 Å². The molecule has 0 bridgehead atoms. The van der Waals surface area contributed by atoms with Gasteiger partial charge in [0, 0.05) is 23.6 Å². The molecule has 0 spiro atoms. The number of benzene rings is 2. The quantitative estimate of drug-likeness (QED) is 0.750. The second kappa shape index (κ2) is 5.93. The molecule has 0 fully saturated rings. The van der Waals surface area contributed by atoms with Crippen LogP contribution < -0.4 is 5.73 Å². The van der Waals surface area contributed by atoms with E-state index in [-0.39, 0.29) is 0 Å². The maximum Gasteiger partial charge on any atom is 0.0486 e. The van der Waals surface area contributed by atoms with E-state index in [1.807, 2.05) is 0 Å². The predicted molar refractivity (Wildman–Crippen MR) is 84.9 cm³/mol. The number of aromatic nitrogens is 1. The van der Waals surface area contributed by atoms with E-state index in [1.165, 1.54) is 22.0 Å². The Bertz CT molecular complexity index is 683. The Morgan fingerprint density at radius 2 is 1.65 bits per heavy atom. The molecule has 0 amide bonds. The number of fused-ring (bicyclic) bond motifs is 1. The van der Waals surface area contributed by atoms with Gasteiger partial charge in [-0.05, 0) is 36.6 Å². The van der Waals surface area contributed by atoms with Crippen LogP contribution >= 0.6 is 0 Å². The number of hydrogen-bond donors (Lipinski definition) is 1. The van der Waals surface area contributed by atoms with Crippen LogP contribution in [-0.2, 0) is 13.0 Å². The van der Waals surface area contributed by atoms with Gasteiger partial charge < -0.3 is 10.3 Å². The molecule has 0 saturated carbocycles. The standard InChI is InChI=1S/C18H20N2/c19-12-6-9-16-14-20(13-15-7-2-1-3-8-15)18-11-5-4-10-17(16)18/h1-5,7-8,10-11,14H,6,9,12-13,19H2. The van der Waals surface area contributed by atoms with Crippen LogP contribution in [0.5, 0.6) is 0 Å². The lowest BCUT2D eigenvalue weighted by atomic mass is 10.1. The molecular formula is C18H20N2. The minimum atomic E-state index is 0.748. The predicted octanol–water partition coefficient (Wildman–Crippen LogP) is 3.58. The molecule has 3 rings (SSSR count). The van der Waals surface area contributed by atoms with Gasteiger partial charge in [-0.3, -0.25) is 0 Å². The molecule has 0 saturated heterocycles. The molecular weight excluding hydrogens is 244 g/mol. The van der Waals surface area contributed by atoms with Gasteiger partial charge in [0.15, 0.2) is 0 Å². The third-order valence-electron chi connectivity index (χ3n) is 3.72. The van der Waals surface area contributed by atoms with Crippen molar-refractivity contribution in [3.63, 3.8) is 0 Å². The highest BCUT2D eigenvalue weighted by molar-refractivity contribution is 5.84. The lowest BCUT2D eigenvalue weighted by Crippen LogP contribution is -2.00. The zero-order valence-corrected chi connectivity index (χ0v) is 11.6. The second-order valence-electron chi connectivity index (χ2n) is 5.18. The summed E-state index contributed by atoms with van der Waals surface area (Å²) in [6.45, 7) is 1.67. The van der Waals surface area contributed by atoms with Crippen LogP contribution in [0.1, 0.15) is 17.5 Å². The van der Waals surface area contributed by atoms with Gasteiger partial charge in [-0.2, -0.15) is 0 Å². The van der Waals surface area contributed by atoms with Crippen molar-refractivity contribution >= 4 is 10.9 Å². The van der Waals surface area contributed by atoms with Crippen molar-refractivity contribution < 1.29 is 0 Å². The van der Waals surface area contributed by atoms with E-state index >= 15 is 0 Å². The summed E-state index contributed by atoms with van der Waals surface area (Å²) in [7, 11) is 0. The zero-order chi connectivity index (χ0) is 13.8. The van der Waals surface area contributed by atoms with E-state index < -0.39 is 0 Å². The number of rotatable bonds is 5. The molecule has 0 unspecified atom stereocenters. The number of nitrogens with zero attached hydrogens (tertiary/aromatic N) is 1. The first kappa shape index (κ1) is 12.9. The van der Waals surface area contributed by atoms with Gasteiger partial charge in [0.25, 0.3) is 0 Å². The van der Waals surface area contributed by atoms with Crippen LogP contribution in [0.25, 0.3) is 10.9 Å². The summed E-state index contributed by atoms with van der Waals surface area (Å²) in [6, 6.07) is 19.2. The number of hydrogen-bond acceptors (Lipinski definition) is 1. The Kier molecular flexibility index (Phi) is 3.84. The van der Waals surface area contributed by atoms with Crippen LogP contribution in [0.3, 0.4) is 0 Å². The van der Waals surface area contributed by atoms with Crippen molar-refractivity contribution in [2.24, 2.45) is 5.73 Å². The fraction of sp³-hybridized carbons (Fsp3) is 0.222. The Morgan fingerprint density at radius 1 is 0.900 bits per heavy atom. The van der Waals surface area contributed by atoms with Gasteiger partial charge in [0.2, 0.25) is 0 Å². The van der Waals surface area contributed by atoms with E-state index in [4.69, 9.17) is 5.73 Å². The van der Waals surface area contributed by atoms with Crippen LogP contribution in [0, 0.1) is 0 Å². The Labute approximate surface area is 119 Å². The van der Waals surface area contributed by atoms with Gasteiger partial charge in [0.1, 0.15) is 0 Å². The zero-order valence-electron chi connectivity index (χ0n) is 11.6. The first-order valence-corrected chi connectivity index (χ1v) is 7.19. The second-order valence-corrected chi connectivity index (χ2v) is 5.18.